The number of esters is 1. The zero-order valence-electron chi connectivity index (χ0n) is 13.9. The normalized spacial score (nSPS) is 10.9. The molecule has 0 aromatic heterocycles. The van der Waals surface area contributed by atoms with Gasteiger partial charge in [-0.3, -0.25) is 4.79 Å². The molecule has 0 aliphatic rings. The van der Waals surface area contributed by atoms with Crippen LogP contribution in [0.4, 0.5) is 24.5 Å². The van der Waals surface area contributed by atoms with Crippen LogP contribution in [0.15, 0.2) is 48.5 Å². The van der Waals surface area contributed by atoms with Crippen molar-refractivity contribution in [2.45, 2.75) is 13.1 Å². The van der Waals surface area contributed by atoms with E-state index in [2.05, 4.69) is 10.6 Å². The lowest BCUT2D eigenvalue weighted by atomic mass is 10.1. The van der Waals surface area contributed by atoms with Crippen LogP contribution in [0.1, 0.15) is 22.8 Å². The molecule has 2 rings (SSSR count). The summed E-state index contributed by atoms with van der Waals surface area (Å²) in [5, 5.41) is 5.16. The zero-order valence-corrected chi connectivity index (χ0v) is 13.9. The van der Waals surface area contributed by atoms with Gasteiger partial charge in [-0.05, 0) is 37.3 Å². The van der Waals surface area contributed by atoms with Crippen molar-refractivity contribution < 1.29 is 27.5 Å². The van der Waals surface area contributed by atoms with Crippen LogP contribution in [0.3, 0.4) is 0 Å². The van der Waals surface area contributed by atoms with Gasteiger partial charge in [0.25, 0.3) is 0 Å². The van der Waals surface area contributed by atoms with Gasteiger partial charge in [-0.2, -0.15) is 13.2 Å². The number of hydrogen-bond donors (Lipinski definition) is 2. The second kappa shape index (κ2) is 8.37. The Morgan fingerprint density at radius 1 is 1.08 bits per heavy atom. The Morgan fingerprint density at radius 2 is 1.81 bits per heavy atom. The van der Waals surface area contributed by atoms with Crippen LogP contribution in [-0.2, 0) is 15.7 Å². The second-order valence-electron chi connectivity index (χ2n) is 5.25. The van der Waals surface area contributed by atoms with E-state index in [4.69, 9.17) is 4.74 Å². The Bertz CT molecular complexity index is 791. The smallest absolute Gasteiger partial charge is 0.416 e. The molecule has 0 bridgehead atoms. The Kier molecular flexibility index (Phi) is 6.21. The molecule has 0 saturated heterocycles. The van der Waals surface area contributed by atoms with Gasteiger partial charge in [0, 0.05) is 5.69 Å². The summed E-state index contributed by atoms with van der Waals surface area (Å²) in [6.07, 6.45) is -4.46. The van der Waals surface area contributed by atoms with Crippen molar-refractivity contribution in [3.8, 4) is 0 Å². The van der Waals surface area contributed by atoms with Crippen molar-refractivity contribution >= 4 is 23.3 Å². The number of anilines is 2. The van der Waals surface area contributed by atoms with Crippen molar-refractivity contribution in [3.05, 3.63) is 59.7 Å². The monoisotopic (exact) mass is 366 g/mol. The summed E-state index contributed by atoms with van der Waals surface area (Å²) in [4.78, 5) is 23.9. The molecule has 2 aromatic carbocycles. The van der Waals surface area contributed by atoms with Crippen LogP contribution in [0.2, 0.25) is 0 Å². The summed E-state index contributed by atoms with van der Waals surface area (Å²) in [6, 6.07) is 10.8. The Balaban J connectivity index is 2.01. The standard InChI is InChI=1S/C18H17F3N2O3/c1-2-26-17(25)14-8-3-4-9-15(14)23-16(24)11-22-13-7-5-6-12(10-13)18(19,20)21/h3-10,22H,2,11H2,1H3,(H,23,24). The highest BCUT2D eigenvalue weighted by molar-refractivity contribution is 6.02. The molecule has 0 spiro atoms. The van der Waals surface area contributed by atoms with E-state index in [1.165, 1.54) is 24.3 Å². The average molecular weight is 366 g/mol. The lowest BCUT2D eigenvalue weighted by Crippen LogP contribution is -2.23. The van der Waals surface area contributed by atoms with Crippen LogP contribution in [-0.4, -0.2) is 25.0 Å². The number of amides is 1. The summed E-state index contributed by atoms with van der Waals surface area (Å²) >= 11 is 0. The first-order valence-corrected chi connectivity index (χ1v) is 7.78. The molecule has 0 heterocycles. The van der Waals surface area contributed by atoms with Gasteiger partial charge >= 0.3 is 12.1 Å². The van der Waals surface area contributed by atoms with E-state index in [-0.39, 0.29) is 30.1 Å². The van der Waals surface area contributed by atoms with E-state index in [9.17, 15) is 22.8 Å². The topological polar surface area (TPSA) is 67.4 Å². The third-order valence-corrected chi connectivity index (χ3v) is 3.34. The zero-order chi connectivity index (χ0) is 19.2. The number of carbonyl (C=O) groups excluding carboxylic acids is 2. The number of para-hydroxylation sites is 1. The molecule has 1 amide bonds. The fourth-order valence-electron chi connectivity index (χ4n) is 2.16. The van der Waals surface area contributed by atoms with Crippen molar-refractivity contribution in [3.63, 3.8) is 0 Å². The van der Waals surface area contributed by atoms with Crippen molar-refractivity contribution in [1.82, 2.24) is 0 Å². The number of ether oxygens (including phenoxy) is 1. The fourth-order valence-corrected chi connectivity index (χ4v) is 2.16. The third kappa shape index (κ3) is 5.23. The second-order valence-corrected chi connectivity index (χ2v) is 5.25. The van der Waals surface area contributed by atoms with Crippen LogP contribution in [0.5, 0.6) is 0 Å². The van der Waals surface area contributed by atoms with Gasteiger partial charge in [-0.1, -0.05) is 18.2 Å². The van der Waals surface area contributed by atoms with Gasteiger partial charge in [0.05, 0.1) is 30.0 Å². The van der Waals surface area contributed by atoms with Crippen LogP contribution in [0.25, 0.3) is 0 Å². The molecule has 0 atom stereocenters. The molecule has 2 aromatic rings. The number of alkyl halides is 3. The molecule has 0 radical (unpaired) electrons. The third-order valence-electron chi connectivity index (χ3n) is 3.34. The molecule has 0 saturated carbocycles. The van der Waals surface area contributed by atoms with E-state index in [1.807, 2.05) is 0 Å². The summed E-state index contributed by atoms with van der Waals surface area (Å²) in [6.45, 7) is 1.59. The first kappa shape index (κ1) is 19.3. The van der Waals surface area contributed by atoms with Gasteiger partial charge in [0.1, 0.15) is 0 Å². The minimum atomic E-state index is -4.46. The number of halogens is 3. The minimum Gasteiger partial charge on any atom is -0.462 e. The highest BCUT2D eigenvalue weighted by Gasteiger charge is 2.30. The Hall–Kier alpha value is -3.03. The number of nitrogens with one attached hydrogen (secondary N) is 2. The molecule has 0 aliphatic heterocycles. The molecule has 0 aliphatic carbocycles. The van der Waals surface area contributed by atoms with E-state index in [1.54, 1.807) is 19.1 Å². The highest BCUT2D eigenvalue weighted by atomic mass is 19.4. The fraction of sp³-hybridized carbons (Fsp3) is 0.222. The number of carbonyl (C=O) groups is 2. The summed E-state index contributed by atoms with van der Waals surface area (Å²) in [5.41, 5.74) is -0.187. The first-order valence-electron chi connectivity index (χ1n) is 7.78. The van der Waals surface area contributed by atoms with E-state index >= 15 is 0 Å². The average Bonchev–Trinajstić information content (AvgIpc) is 2.60. The molecular formula is C18H17F3N2O3. The molecule has 138 valence electrons. The summed E-state index contributed by atoms with van der Waals surface area (Å²) < 4.78 is 43.0. The van der Waals surface area contributed by atoms with Gasteiger partial charge in [-0.25, -0.2) is 4.79 Å². The Morgan fingerprint density at radius 3 is 2.50 bits per heavy atom. The van der Waals surface area contributed by atoms with Crippen LogP contribution in [0, 0.1) is 0 Å². The molecule has 0 fully saturated rings. The van der Waals surface area contributed by atoms with Gasteiger partial charge < -0.3 is 15.4 Å². The van der Waals surface area contributed by atoms with Crippen LogP contribution < -0.4 is 10.6 Å². The molecular weight excluding hydrogens is 349 g/mol. The van der Waals surface area contributed by atoms with Crippen molar-refractivity contribution in [2.24, 2.45) is 0 Å². The maximum Gasteiger partial charge on any atom is 0.416 e. The minimum absolute atomic E-state index is 0.161. The molecule has 5 nitrogen and oxygen atoms in total. The maximum atomic E-state index is 12.7. The van der Waals surface area contributed by atoms with E-state index < -0.39 is 23.6 Å². The predicted octanol–water partition coefficient (Wildman–Crippen LogP) is 3.93. The first-order chi connectivity index (χ1) is 12.3. The number of benzene rings is 2. The molecule has 26 heavy (non-hydrogen) atoms. The lowest BCUT2D eigenvalue weighted by molar-refractivity contribution is -0.137. The quantitative estimate of drug-likeness (QED) is 0.760. The van der Waals surface area contributed by atoms with Gasteiger partial charge in [0.2, 0.25) is 5.91 Å². The highest BCUT2D eigenvalue weighted by Crippen LogP contribution is 2.30. The van der Waals surface area contributed by atoms with E-state index in [0.717, 1.165) is 12.1 Å². The SMILES string of the molecule is CCOC(=O)c1ccccc1NC(=O)CNc1cccc(C(F)(F)F)c1. The van der Waals surface area contributed by atoms with Crippen molar-refractivity contribution in [1.29, 1.82) is 0 Å². The molecule has 8 heteroatoms. The van der Waals surface area contributed by atoms with Crippen LogP contribution >= 0.6 is 0 Å². The number of hydrogen-bond acceptors (Lipinski definition) is 4. The van der Waals surface area contributed by atoms with Gasteiger partial charge in [0.15, 0.2) is 0 Å². The number of rotatable bonds is 6. The molecule has 2 N–H and O–H groups in total. The Labute approximate surface area is 148 Å². The van der Waals surface area contributed by atoms with E-state index in [0.29, 0.717) is 0 Å². The molecule has 0 unspecified atom stereocenters. The lowest BCUT2D eigenvalue weighted by Gasteiger charge is -2.12. The summed E-state index contributed by atoms with van der Waals surface area (Å²) in [7, 11) is 0. The predicted molar refractivity (Wildman–Crippen MR) is 91.0 cm³/mol. The maximum absolute atomic E-state index is 12.7. The summed E-state index contributed by atoms with van der Waals surface area (Å²) in [5.74, 6) is -1.09. The van der Waals surface area contributed by atoms with Gasteiger partial charge in [-0.15, -0.1) is 0 Å². The largest absolute Gasteiger partial charge is 0.462 e. The van der Waals surface area contributed by atoms with Crippen molar-refractivity contribution in [2.75, 3.05) is 23.8 Å².